The van der Waals surface area contributed by atoms with Gasteiger partial charge in [0.15, 0.2) is 11.5 Å². The molecule has 10 heteroatoms. The highest BCUT2D eigenvalue weighted by Gasteiger charge is 2.19. The first-order valence-electron chi connectivity index (χ1n) is 13.4. The molecular formula is C32H28FN3O6. The quantitative estimate of drug-likeness (QED) is 0.202. The fourth-order valence-corrected chi connectivity index (χ4v) is 4.92. The average molecular weight is 570 g/mol. The third-order valence-corrected chi connectivity index (χ3v) is 7.04. The number of fused-ring (bicyclic) bond motifs is 2. The number of benzene rings is 3. The molecule has 1 aliphatic heterocycles. The van der Waals surface area contributed by atoms with Gasteiger partial charge in [-0.05, 0) is 42.0 Å². The summed E-state index contributed by atoms with van der Waals surface area (Å²) in [5, 5.41) is 0. The van der Waals surface area contributed by atoms with Gasteiger partial charge >= 0.3 is 5.97 Å². The molecule has 9 nitrogen and oxygen atoms in total. The van der Waals surface area contributed by atoms with Crippen LogP contribution in [0, 0.1) is 5.82 Å². The van der Waals surface area contributed by atoms with Crippen LogP contribution in [0.4, 0.5) is 4.39 Å². The zero-order chi connectivity index (χ0) is 29.1. The van der Waals surface area contributed by atoms with E-state index in [1.165, 1.54) is 13.2 Å². The number of carbonyl (C=O) groups is 1. The van der Waals surface area contributed by atoms with Gasteiger partial charge in [0.2, 0.25) is 12.7 Å². The third kappa shape index (κ3) is 5.48. The van der Waals surface area contributed by atoms with Gasteiger partial charge in [-0.3, -0.25) is 0 Å². The van der Waals surface area contributed by atoms with Crippen LogP contribution in [-0.4, -0.2) is 48.1 Å². The molecule has 0 saturated heterocycles. The Bertz CT molecular complexity index is 1770. The predicted octanol–water partition coefficient (Wildman–Crippen LogP) is 5.57. The lowest BCUT2D eigenvalue weighted by atomic mass is 10.1. The summed E-state index contributed by atoms with van der Waals surface area (Å²) >= 11 is 0. The van der Waals surface area contributed by atoms with Gasteiger partial charge in [-0.15, -0.1) is 0 Å². The summed E-state index contributed by atoms with van der Waals surface area (Å²) in [5.41, 5.74) is 4.40. The first-order valence-corrected chi connectivity index (χ1v) is 13.4. The molecule has 0 fully saturated rings. The smallest absolute Gasteiger partial charge is 0.337 e. The SMILES string of the molecule is COCCn1c(Cc2ccc(-c3cccc(OCc4cccc5c4OCO5)n3)cc2F)nc2ccc(C(=O)OC)cc21. The molecule has 6 rings (SSSR count). The number of pyridine rings is 1. The maximum absolute atomic E-state index is 15.5. The molecule has 1 aliphatic rings. The van der Waals surface area contributed by atoms with Gasteiger partial charge in [-0.2, -0.15) is 0 Å². The van der Waals surface area contributed by atoms with Crippen molar-refractivity contribution in [1.82, 2.24) is 14.5 Å². The Labute approximate surface area is 241 Å². The maximum Gasteiger partial charge on any atom is 0.337 e. The number of methoxy groups -OCH3 is 2. The van der Waals surface area contributed by atoms with Crippen molar-refractivity contribution in [2.45, 2.75) is 19.6 Å². The van der Waals surface area contributed by atoms with Gasteiger partial charge in [0.25, 0.3) is 0 Å². The minimum atomic E-state index is -0.435. The molecule has 214 valence electrons. The van der Waals surface area contributed by atoms with E-state index in [2.05, 4.69) is 4.98 Å². The highest BCUT2D eigenvalue weighted by atomic mass is 19.1. The Morgan fingerprint density at radius 1 is 0.976 bits per heavy atom. The van der Waals surface area contributed by atoms with E-state index >= 15 is 4.39 Å². The maximum atomic E-state index is 15.5. The minimum absolute atomic E-state index is 0.184. The topological polar surface area (TPSA) is 93.9 Å². The van der Waals surface area contributed by atoms with E-state index < -0.39 is 5.97 Å². The Kier molecular flexibility index (Phi) is 7.70. The molecule has 0 atom stereocenters. The number of hydrogen-bond acceptors (Lipinski definition) is 8. The Hall–Kier alpha value is -4.96. The van der Waals surface area contributed by atoms with Crippen LogP contribution in [0.15, 0.2) is 72.8 Å². The molecular weight excluding hydrogens is 541 g/mol. The number of esters is 1. The number of imidazole rings is 1. The molecule has 0 unspecified atom stereocenters. The molecule has 2 aromatic heterocycles. The first-order chi connectivity index (χ1) is 20.5. The van der Waals surface area contributed by atoms with Crippen molar-refractivity contribution in [2.75, 3.05) is 27.6 Å². The third-order valence-electron chi connectivity index (χ3n) is 7.04. The standard InChI is InChI=1S/C32H28FN3O6/c1-38-14-13-36-27-16-22(32(37)39-2)11-12-26(27)34-29(36)17-20-9-10-21(15-24(20)33)25-6-4-8-30(35-25)40-18-23-5-3-7-28-31(23)42-19-41-28/h3-12,15-16H,13-14,17-19H2,1-2H3. The molecule has 0 saturated carbocycles. The van der Waals surface area contributed by atoms with Crippen LogP contribution in [0.25, 0.3) is 22.3 Å². The van der Waals surface area contributed by atoms with E-state index in [9.17, 15) is 4.79 Å². The first kappa shape index (κ1) is 27.2. The van der Waals surface area contributed by atoms with Gasteiger partial charge in [-0.25, -0.2) is 19.2 Å². The average Bonchev–Trinajstić information content (AvgIpc) is 3.64. The van der Waals surface area contributed by atoms with Crippen LogP contribution in [0.3, 0.4) is 0 Å². The number of carbonyl (C=O) groups excluding carboxylic acids is 1. The molecule has 0 bridgehead atoms. The fraction of sp³-hybridized carbons (Fsp3) is 0.219. The van der Waals surface area contributed by atoms with Gasteiger partial charge in [0, 0.05) is 37.3 Å². The number of halogens is 1. The lowest BCUT2D eigenvalue weighted by Crippen LogP contribution is -2.10. The summed E-state index contributed by atoms with van der Waals surface area (Å²) < 4.78 is 44.5. The normalized spacial score (nSPS) is 12.1. The van der Waals surface area contributed by atoms with Crippen molar-refractivity contribution in [3.63, 3.8) is 0 Å². The van der Waals surface area contributed by atoms with Crippen LogP contribution in [-0.2, 0) is 29.0 Å². The van der Waals surface area contributed by atoms with Gasteiger partial charge in [-0.1, -0.05) is 30.3 Å². The molecule has 0 spiro atoms. The second kappa shape index (κ2) is 11.9. The van der Waals surface area contributed by atoms with E-state index in [4.69, 9.17) is 28.7 Å². The molecule has 0 N–H and O–H groups in total. The summed E-state index contributed by atoms with van der Waals surface area (Å²) in [6, 6.07) is 21.2. The summed E-state index contributed by atoms with van der Waals surface area (Å²) in [5.74, 6) is 1.62. The minimum Gasteiger partial charge on any atom is -0.473 e. The summed E-state index contributed by atoms with van der Waals surface area (Å²) in [7, 11) is 2.95. The number of rotatable bonds is 10. The molecule has 0 amide bonds. The van der Waals surface area contributed by atoms with Crippen LogP contribution in [0.2, 0.25) is 0 Å². The highest BCUT2D eigenvalue weighted by molar-refractivity contribution is 5.93. The van der Waals surface area contributed by atoms with Crippen molar-refractivity contribution in [3.8, 4) is 28.6 Å². The highest BCUT2D eigenvalue weighted by Crippen LogP contribution is 2.36. The number of para-hydroxylation sites is 1. The van der Waals surface area contributed by atoms with Crippen molar-refractivity contribution >= 4 is 17.0 Å². The fourth-order valence-electron chi connectivity index (χ4n) is 4.92. The zero-order valence-electron chi connectivity index (χ0n) is 23.1. The van der Waals surface area contributed by atoms with Crippen LogP contribution < -0.4 is 14.2 Å². The van der Waals surface area contributed by atoms with Gasteiger partial charge in [0.1, 0.15) is 18.2 Å². The van der Waals surface area contributed by atoms with Gasteiger partial charge in [0.05, 0.1) is 36.0 Å². The largest absolute Gasteiger partial charge is 0.473 e. The molecule has 42 heavy (non-hydrogen) atoms. The summed E-state index contributed by atoms with van der Waals surface area (Å²) in [6.07, 6.45) is 0.252. The summed E-state index contributed by atoms with van der Waals surface area (Å²) in [6.45, 7) is 1.36. The van der Waals surface area contributed by atoms with E-state index in [0.717, 1.165) is 11.1 Å². The molecule has 3 aromatic carbocycles. The van der Waals surface area contributed by atoms with Crippen LogP contribution in [0.5, 0.6) is 17.4 Å². The number of ether oxygens (including phenoxy) is 5. The zero-order valence-corrected chi connectivity index (χ0v) is 23.1. The van der Waals surface area contributed by atoms with Crippen LogP contribution >= 0.6 is 0 Å². The Balaban J connectivity index is 1.22. The predicted molar refractivity (Wildman–Crippen MR) is 152 cm³/mol. The molecule has 5 aromatic rings. The van der Waals surface area contributed by atoms with E-state index in [0.29, 0.717) is 64.3 Å². The summed E-state index contributed by atoms with van der Waals surface area (Å²) in [4.78, 5) is 21.4. The monoisotopic (exact) mass is 569 g/mol. The van der Waals surface area contributed by atoms with E-state index in [-0.39, 0.29) is 25.6 Å². The van der Waals surface area contributed by atoms with Crippen molar-refractivity contribution in [3.05, 3.63) is 101 Å². The van der Waals surface area contributed by atoms with Crippen molar-refractivity contribution in [1.29, 1.82) is 0 Å². The second-order valence-electron chi connectivity index (χ2n) is 9.65. The number of nitrogens with zero attached hydrogens (tertiary/aromatic N) is 3. The molecule has 0 radical (unpaired) electrons. The van der Waals surface area contributed by atoms with E-state index in [1.807, 2.05) is 41.0 Å². The molecule has 3 heterocycles. The Morgan fingerprint density at radius 3 is 2.69 bits per heavy atom. The van der Waals surface area contributed by atoms with Crippen LogP contribution in [0.1, 0.15) is 27.3 Å². The number of hydrogen-bond donors (Lipinski definition) is 0. The van der Waals surface area contributed by atoms with Crippen molar-refractivity contribution < 1.29 is 32.9 Å². The lowest BCUT2D eigenvalue weighted by molar-refractivity contribution is 0.0601. The van der Waals surface area contributed by atoms with Crippen molar-refractivity contribution in [2.24, 2.45) is 0 Å². The van der Waals surface area contributed by atoms with E-state index in [1.54, 1.807) is 37.4 Å². The Morgan fingerprint density at radius 2 is 1.86 bits per heavy atom. The molecule has 0 aliphatic carbocycles. The number of aromatic nitrogens is 3. The lowest BCUT2D eigenvalue weighted by Gasteiger charge is -2.11. The second-order valence-corrected chi connectivity index (χ2v) is 9.65. The van der Waals surface area contributed by atoms with Gasteiger partial charge < -0.3 is 28.3 Å².